The van der Waals surface area contributed by atoms with Crippen LogP contribution in [0.2, 0.25) is 0 Å². The molecule has 3 N–H and O–H groups in total. The molecule has 0 aliphatic carbocycles. The average Bonchev–Trinajstić information content (AvgIpc) is 2.52. The number of ether oxygens (including phenoxy) is 1. The first-order chi connectivity index (χ1) is 9.87. The second-order valence-corrected chi connectivity index (χ2v) is 5.69. The molecule has 3 heteroatoms. The third-order valence-electron chi connectivity index (χ3n) is 4.27. The van der Waals surface area contributed by atoms with Gasteiger partial charge in [0.2, 0.25) is 0 Å². The van der Waals surface area contributed by atoms with Gasteiger partial charge < -0.3 is 15.8 Å². The zero-order valence-corrected chi connectivity index (χ0v) is 12.4. The van der Waals surface area contributed by atoms with Gasteiger partial charge in [-0.3, -0.25) is 0 Å². The third-order valence-corrected chi connectivity index (χ3v) is 4.27. The smallest absolute Gasteiger partial charge is 0.0486 e. The van der Waals surface area contributed by atoms with E-state index < -0.39 is 0 Å². The number of benzene rings is 1. The summed E-state index contributed by atoms with van der Waals surface area (Å²) in [7, 11) is 0. The van der Waals surface area contributed by atoms with E-state index in [1.54, 1.807) is 0 Å². The van der Waals surface area contributed by atoms with Gasteiger partial charge in [-0.1, -0.05) is 43.2 Å². The van der Waals surface area contributed by atoms with Crippen molar-refractivity contribution in [2.24, 2.45) is 5.73 Å². The normalized spacial score (nSPS) is 18.1. The molecule has 0 radical (unpaired) electrons. The highest BCUT2D eigenvalue weighted by atomic mass is 16.5. The molecule has 0 bridgehead atoms. The molecule has 2 rings (SSSR count). The summed E-state index contributed by atoms with van der Waals surface area (Å²) in [5, 5.41) is 3.82. The number of unbranched alkanes of at least 4 members (excludes halogenated alkanes) is 3. The van der Waals surface area contributed by atoms with Crippen LogP contribution >= 0.6 is 0 Å². The van der Waals surface area contributed by atoms with Crippen molar-refractivity contribution >= 4 is 0 Å². The minimum atomic E-state index is 0.118. The second kappa shape index (κ2) is 8.40. The van der Waals surface area contributed by atoms with Gasteiger partial charge in [0, 0.05) is 18.8 Å². The summed E-state index contributed by atoms with van der Waals surface area (Å²) in [5.74, 6) is 0. The Kier molecular flexibility index (Phi) is 6.51. The zero-order chi connectivity index (χ0) is 14.1. The average molecular weight is 276 g/mol. The predicted octanol–water partition coefficient (Wildman–Crippen LogP) is 2.80. The molecular weight excluding hydrogens is 248 g/mol. The zero-order valence-electron chi connectivity index (χ0n) is 12.4. The molecule has 1 aliphatic rings. The van der Waals surface area contributed by atoms with Crippen molar-refractivity contribution in [2.75, 3.05) is 26.3 Å². The summed E-state index contributed by atoms with van der Waals surface area (Å²) in [6.07, 6.45) is 7.04. The minimum absolute atomic E-state index is 0.118. The van der Waals surface area contributed by atoms with E-state index in [1.165, 1.54) is 24.8 Å². The Labute approximate surface area is 122 Å². The van der Waals surface area contributed by atoms with Crippen molar-refractivity contribution in [2.45, 2.75) is 44.1 Å². The highest BCUT2D eigenvalue weighted by Crippen LogP contribution is 2.31. The summed E-state index contributed by atoms with van der Waals surface area (Å²) in [4.78, 5) is 0. The van der Waals surface area contributed by atoms with Crippen molar-refractivity contribution in [3.05, 3.63) is 35.9 Å². The van der Waals surface area contributed by atoms with Gasteiger partial charge in [-0.05, 0) is 44.3 Å². The lowest BCUT2D eigenvalue weighted by Gasteiger charge is -2.39. The largest absolute Gasteiger partial charge is 0.381 e. The van der Waals surface area contributed by atoms with Crippen molar-refractivity contribution in [3.8, 4) is 0 Å². The molecule has 1 fully saturated rings. The van der Waals surface area contributed by atoms with Crippen LogP contribution in [0.15, 0.2) is 30.3 Å². The molecule has 0 spiro atoms. The molecule has 112 valence electrons. The van der Waals surface area contributed by atoms with Crippen molar-refractivity contribution < 1.29 is 4.74 Å². The Morgan fingerprint density at radius 3 is 2.40 bits per heavy atom. The summed E-state index contributed by atoms with van der Waals surface area (Å²) in [5.41, 5.74) is 7.05. The summed E-state index contributed by atoms with van der Waals surface area (Å²) in [6, 6.07) is 10.8. The fourth-order valence-electron chi connectivity index (χ4n) is 3.00. The topological polar surface area (TPSA) is 47.3 Å². The van der Waals surface area contributed by atoms with E-state index in [9.17, 15) is 0 Å². The van der Waals surface area contributed by atoms with Gasteiger partial charge in [-0.15, -0.1) is 0 Å². The maximum absolute atomic E-state index is 5.55. The Hall–Kier alpha value is -0.900. The fourth-order valence-corrected chi connectivity index (χ4v) is 3.00. The quantitative estimate of drug-likeness (QED) is 0.718. The van der Waals surface area contributed by atoms with Crippen LogP contribution in [0.25, 0.3) is 0 Å². The molecule has 0 saturated carbocycles. The van der Waals surface area contributed by atoms with E-state index in [0.29, 0.717) is 0 Å². The molecule has 0 amide bonds. The van der Waals surface area contributed by atoms with E-state index in [0.717, 1.165) is 45.6 Å². The third kappa shape index (κ3) is 4.30. The molecule has 1 aliphatic heterocycles. The molecule has 0 atom stereocenters. The van der Waals surface area contributed by atoms with E-state index in [-0.39, 0.29) is 5.54 Å². The number of rotatable bonds is 8. The molecule has 1 saturated heterocycles. The standard InChI is InChI=1S/C17H28N2O/c18-12-6-1-2-7-13-19-17(10-14-20-15-11-17)16-8-4-3-5-9-16/h3-5,8-9,19H,1-2,6-7,10-15,18H2. The SMILES string of the molecule is NCCCCCCNC1(c2ccccc2)CCOCC1. The Bertz CT molecular complexity index is 361. The van der Waals surface area contributed by atoms with Gasteiger partial charge in [0.25, 0.3) is 0 Å². The van der Waals surface area contributed by atoms with Crippen molar-refractivity contribution in [1.29, 1.82) is 0 Å². The monoisotopic (exact) mass is 276 g/mol. The van der Waals surface area contributed by atoms with Crippen LogP contribution in [-0.4, -0.2) is 26.3 Å². The second-order valence-electron chi connectivity index (χ2n) is 5.69. The maximum atomic E-state index is 5.55. The van der Waals surface area contributed by atoms with Gasteiger partial charge in [0.15, 0.2) is 0 Å². The van der Waals surface area contributed by atoms with Crippen LogP contribution in [0, 0.1) is 0 Å². The first-order valence-electron chi connectivity index (χ1n) is 7.96. The lowest BCUT2D eigenvalue weighted by molar-refractivity contribution is 0.0365. The van der Waals surface area contributed by atoms with Crippen molar-refractivity contribution in [3.63, 3.8) is 0 Å². The number of hydrogen-bond acceptors (Lipinski definition) is 3. The van der Waals surface area contributed by atoms with Crippen LogP contribution < -0.4 is 11.1 Å². The Morgan fingerprint density at radius 2 is 1.70 bits per heavy atom. The Morgan fingerprint density at radius 1 is 1.00 bits per heavy atom. The Balaban J connectivity index is 1.88. The van der Waals surface area contributed by atoms with Gasteiger partial charge in [0.1, 0.15) is 0 Å². The number of hydrogen-bond donors (Lipinski definition) is 2. The molecule has 1 aromatic carbocycles. The number of nitrogens with two attached hydrogens (primary N) is 1. The van der Waals surface area contributed by atoms with Crippen LogP contribution in [-0.2, 0) is 10.3 Å². The van der Waals surface area contributed by atoms with Gasteiger partial charge in [-0.2, -0.15) is 0 Å². The van der Waals surface area contributed by atoms with Crippen LogP contribution in [0.4, 0.5) is 0 Å². The van der Waals surface area contributed by atoms with E-state index in [1.807, 2.05) is 0 Å². The molecular formula is C17H28N2O. The first-order valence-corrected chi connectivity index (χ1v) is 7.96. The molecule has 0 unspecified atom stereocenters. The molecule has 1 aromatic rings. The summed E-state index contributed by atoms with van der Waals surface area (Å²) in [6.45, 7) is 3.61. The predicted molar refractivity (Wildman–Crippen MR) is 83.7 cm³/mol. The van der Waals surface area contributed by atoms with Crippen LogP contribution in [0.3, 0.4) is 0 Å². The molecule has 0 aromatic heterocycles. The lowest BCUT2D eigenvalue weighted by Crippen LogP contribution is -2.47. The van der Waals surface area contributed by atoms with Crippen LogP contribution in [0.1, 0.15) is 44.1 Å². The van der Waals surface area contributed by atoms with E-state index >= 15 is 0 Å². The minimum Gasteiger partial charge on any atom is -0.381 e. The highest BCUT2D eigenvalue weighted by molar-refractivity contribution is 5.25. The van der Waals surface area contributed by atoms with Crippen LogP contribution in [0.5, 0.6) is 0 Å². The maximum Gasteiger partial charge on any atom is 0.0486 e. The van der Waals surface area contributed by atoms with E-state index in [2.05, 4.69) is 35.6 Å². The summed E-state index contributed by atoms with van der Waals surface area (Å²) >= 11 is 0. The van der Waals surface area contributed by atoms with Gasteiger partial charge in [-0.25, -0.2) is 0 Å². The van der Waals surface area contributed by atoms with Crippen molar-refractivity contribution in [1.82, 2.24) is 5.32 Å². The first kappa shape index (κ1) is 15.5. The number of nitrogens with one attached hydrogen (secondary N) is 1. The lowest BCUT2D eigenvalue weighted by atomic mass is 9.82. The highest BCUT2D eigenvalue weighted by Gasteiger charge is 2.33. The molecule has 20 heavy (non-hydrogen) atoms. The van der Waals surface area contributed by atoms with Gasteiger partial charge >= 0.3 is 0 Å². The molecule has 1 heterocycles. The van der Waals surface area contributed by atoms with E-state index in [4.69, 9.17) is 10.5 Å². The summed E-state index contributed by atoms with van der Waals surface area (Å²) < 4.78 is 5.55. The molecule has 3 nitrogen and oxygen atoms in total. The fraction of sp³-hybridized carbons (Fsp3) is 0.647. The van der Waals surface area contributed by atoms with Gasteiger partial charge in [0.05, 0.1) is 0 Å².